The van der Waals surface area contributed by atoms with Crippen LogP contribution in [0.15, 0.2) is 22.7 Å². The van der Waals surface area contributed by atoms with Gasteiger partial charge in [0.2, 0.25) is 0 Å². The highest BCUT2D eigenvalue weighted by atomic mass is 79.9. The minimum Gasteiger partial charge on any atom is -0.314 e. The van der Waals surface area contributed by atoms with Crippen molar-refractivity contribution in [1.82, 2.24) is 10.2 Å². The van der Waals surface area contributed by atoms with Crippen molar-refractivity contribution < 1.29 is 8.78 Å². The van der Waals surface area contributed by atoms with E-state index in [4.69, 9.17) is 0 Å². The first-order valence-electron chi connectivity index (χ1n) is 5.67. The van der Waals surface area contributed by atoms with Crippen LogP contribution in [-0.4, -0.2) is 37.8 Å². The molecule has 0 spiro atoms. The van der Waals surface area contributed by atoms with Gasteiger partial charge in [-0.05, 0) is 23.8 Å². The molecule has 1 saturated heterocycles. The van der Waals surface area contributed by atoms with Crippen molar-refractivity contribution in [2.75, 3.05) is 32.9 Å². The summed E-state index contributed by atoms with van der Waals surface area (Å²) in [6, 6.07) is 4.24. The summed E-state index contributed by atoms with van der Waals surface area (Å²) in [7, 11) is 0. The number of rotatable bonds is 3. The molecule has 1 N–H and O–H groups in total. The molecule has 7 heteroatoms. The molecule has 1 heterocycles. The Bertz CT molecular complexity index is 370. The number of hydrogen-bond donors (Lipinski definition) is 1. The van der Waals surface area contributed by atoms with Crippen molar-refractivity contribution in [2.24, 2.45) is 0 Å². The molecule has 1 aliphatic heterocycles. The first-order chi connectivity index (χ1) is 8.20. The lowest BCUT2D eigenvalue weighted by Gasteiger charge is -2.33. The molecule has 19 heavy (non-hydrogen) atoms. The molecule has 0 amide bonds. The summed E-state index contributed by atoms with van der Waals surface area (Å²) in [5, 5.41) is 3.22. The van der Waals surface area contributed by atoms with Gasteiger partial charge < -0.3 is 5.32 Å². The van der Waals surface area contributed by atoms with Gasteiger partial charge in [0.15, 0.2) is 0 Å². The number of piperazine rings is 1. The largest absolute Gasteiger partial charge is 0.314 e. The Morgan fingerprint density at radius 2 is 1.84 bits per heavy atom. The lowest BCUT2D eigenvalue weighted by Crippen LogP contribution is -2.45. The molecule has 0 aliphatic carbocycles. The predicted octanol–water partition coefficient (Wildman–Crippen LogP) is 3.35. The average molecular weight is 378 g/mol. The average Bonchev–Trinajstić information content (AvgIpc) is 2.30. The van der Waals surface area contributed by atoms with Crippen molar-refractivity contribution >= 4 is 40.7 Å². The number of nitrogens with zero attached hydrogens (tertiary/aromatic N) is 1. The van der Waals surface area contributed by atoms with Crippen molar-refractivity contribution in [3.63, 3.8) is 0 Å². The van der Waals surface area contributed by atoms with Gasteiger partial charge in [-0.2, -0.15) is 0 Å². The van der Waals surface area contributed by atoms with Crippen molar-refractivity contribution in [3.8, 4) is 0 Å². The highest BCUT2D eigenvalue weighted by molar-refractivity contribution is 9.10. The summed E-state index contributed by atoms with van der Waals surface area (Å²) in [5.41, 5.74) is 0.696. The van der Waals surface area contributed by atoms with E-state index < -0.39 is 6.67 Å². The normalized spacial score (nSPS) is 17.2. The van der Waals surface area contributed by atoms with Crippen LogP contribution in [-0.2, 0) is 0 Å². The molecule has 1 aliphatic rings. The minimum atomic E-state index is -0.490. The Labute approximate surface area is 132 Å². The fraction of sp³-hybridized carbons (Fsp3) is 0.500. The standard InChI is InChI=1S/C12H15BrF2N2.2ClH/c13-10-5-9(6-11(15)7-10)12(8-14)17-3-1-16-2-4-17;;/h5-7,12,16H,1-4,8H2;2*1H/t12-;;/m1../s1. The molecule has 1 atom stereocenters. The van der Waals surface area contributed by atoms with Crippen LogP contribution in [0, 0.1) is 5.82 Å². The van der Waals surface area contributed by atoms with E-state index in [1.54, 1.807) is 6.07 Å². The maximum Gasteiger partial charge on any atom is 0.124 e. The highest BCUT2D eigenvalue weighted by Crippen LogP contribution is 2.25. The van der Waals surface area contributed by atoms with Crippen LogP contribution >= 0.6 is 40.7 Å². The molecular formula is C12H17BrCl2F2N2. The van der Waals surface area contributed by atoms with Crippen LogP contribution in [0.25, 0.3) is 0 Å². The smallest absolute Gasteiger partial charge is 0.124 e. The summed E-state index contributed by atoms with van der Waals surface area (Å²) in [5.74, 6) is -0.331. The highest BCUT2D eigenvalue weighted by Gasteiger charge is 2.22. The van der Waals surface area contributed by atoms with Crippen LogP contribution in [0.5, 0.6) is 0 Å². The summed E-state index contributed by atoms with van der Waals surface area (Å²) in [6.07, 6.45) is 0. The Morgan fingerprint density at radius 3 is 2.37 bits per heavy atom. The number of hydrogen-bond acceptors (Lipinski definition) is 2. The number of nitrogens with one attached hydrogen (secondary N) is 1. The van der Waals surface area contributed by atoms with Gasteiger partial charge in [-0.15, -0.1) is 24.8 Å². The van der Waals surface area contributed by atoms with Crippen molar-refractivity contribution in [3.05, 3.63) is 34.1 Å². The Morgan fingerprint density at radius 1 is 1.21 bits per heavy atom. The van der Waals surface area contributed by atoms with Gasteiger partial charge in [-0.3, -0.25) is 4.90 Å². The molecule has 1 aromatic rings. The number of alkyl halides is 1. The summed E-state index contributed by atoms with van der Waals surface area (Å²) >= 11 is 3.24. The number of benzene rings is 1. The van der Waals surface area contributed by atoms with Gasteiger partial charge in [0.1, 0.15) is 12.5 Å². The number of halogens is 5. The fourth-order valence-electron chi connectivity index (χ4n) is 2.16. The van der Waals surface area contributed by atoms with Gasteiger partial charge in [-0.1, -0.05) is 15.9 Å². The van der Waals surface area contributed by atoms with E-state index in [1.165, 1.54) is 12.1 Å². The topological polar surface area (TPSA) is 15.3 Å². The molecule has 0 unspecified atom stereocenters. The molecule has 2 nitrogen and oxygen atoms in total. The lowest BCUT2D eigenvalue weighted by molar-refractivity contribution is 0.147. The minimum absolute atomic E-state index is 0. The van der Waals surface area contributed by atoms with E-state index >= 15 is 0 Å². The maximum atomic E-state index is 13.3. The van der Waals surface area contributed by atoms with Crippen LogP contribution in [0.4, 0.5) is 8.78 Å². The maximum absolute atomic E-state index is 13.3. The quantitative estimate of drug-likeness (QED) is 0.868. The second-order valence-corrected chi connectivity index (χ2v) is 5.07. The van der Waals surface area contributed by atoms with Gasteiger partial charge in [0, 0.05) is 30.7 Å². The third kappa shape index (κ3) is 5.16. The van der Waals surface area contributed by atoms with Crippen LogP contribution in [0.1, 0.15) is 11.6 Å². The molecule has 0 radical (unpaired) electrons. The SMILES string of the molecule is Cl.Cl.FC[C@H](c1cc(F)cc(Br)c1)N1CCNCC1. The Hall–Kier alpha value is 0.0600. The summed E-state index contributed by atoms with van der Waals surface area (Å²) in [4.78, 5) is 2.05. The molecule has 1 fully saturated rings. The van der Waals surface area contributed by atoms with Gasteiger partial charge >= 0.3 is 0 Å². The zero-order valence-corrected chi connectivity index (χ0v) is 13.5. The van der Waals surface area contributed by atoms with E-state index in [1.807, 2.05) is 0 Å². The van der Waals surface area contributed by atoms with E-state index in [9.17, 15) is 8.78 Å². The van der Waals surface area contributed by atoms with Crippen molar-refractivity contribution in [2.45, 2.75) is 6.04 Å². The zero-order valence-electron chi connectivity index (χ0n) is 10.2. The lowest BCUT2D eigenvalue weighted by atomic mass is 10.1. The monoisotopic (exact) mass is 376 g/mol. The zero-order chi connectivity index (χ0) is 12.3. The van der Waals surface area contributed by atoms with Gasteiger partial charge in [-0.25, -0.2) is 8.78 Å². The summed E-state index contributed by atoms with van der Waals surface area (Å²) < 4.78 is 27.2. The summed E-state index contributed by atoms with van der Waals surface area (Å²) in [6.45, 7) is 2.81. The third-order valence-corrected chi connectivity index (χ3v) is 3.47. The van der Waals surface area contributed by atoms with Crippen LogP contribution in [0.2, 0.25) is 0 Å². The van der Waals surface area contributed by atoms with Crippen LogP contribution in [0.3, 0.4) is 0 Å². The predicted molar refractivity (Wildman–Crippen MR) is 81.8 cm³/mol. The second kappa shape index (κ2) is 9.08. The van der Waals surface area contributed by atoms with Gasteiger partial charge in [0.05, 0.1) is 6.04 Å². The third-order valence-electron chi connectivity index (χ3n) is 3.01. The first kappa shape index (κ1) is 19.1. The molecule has 0 aromatic heterocycles. The Kier molecular flexibility index (Phi) is 9.11. The van der Waals surface area contributed by atoms with E-state index in [2.05, 4.69) is 26.1 Å². The van der Waals surface area contributed by atoms with E-state index in [0.717, 1.165) is 26.2 Å². The van der Waals surface area contributed by atoms with Crippen molar-refractivity contribution in [1.29, 1.82) is 0 Å². The van der Waals surface area contributed by atoms with Crippen LogP contribution < -0.4 is 5.32 Å². The molecular weight excluding hydrogens is 361 g/mol. The van der Waals surface area contributed by atoms with Gasteiger partial charge in [0.25, 0.3) is 0 Å². The second-order valence-electron chi connectivity index (χ2n) is 4.16. The molecule has 0 bridgehead atoms. The Balaban J connectivity index is 0.00000162. The van der Waals surface area contributed by atoms with E-state index in [0.29, 0.717) is 10.0 Å². The molecule has 1 aromatic carbocycles. The first-order valence-corrected chi connectivity index (χ1v) is 6.46. The molecule has 0 saturated carbocycles. The fourth-order valence-corrected chi connectivity index (χ4v) is 2.64. The van der Waals surface area contributed by atoms with E-state index in [-0.39, 0.29) is 36.7 Å². The molecule has 110 valence electrons. The molecule has 2 rings (SSSR count).